The monoisotopic (exact) mass is 322 g/mol. The van der Waals surface area contributed by atoms with E-state index in [2.05, 4.69) is 15.9 Å². The first kappa shape index (κ1) is 13.3. The molecule has 1 aromatic carbocycles. The first-order valence-corrected chi connectivity index (χ1v) is 6.62. The van der Waals surface area contributed by atoms with Crippen molar-refractivity contribution in [1.29, 1.82) is 0 Å². The van der Waals surface area contributed by atoms with Crippen LogP contribution in [0.25, 0.3) is 0 Å². The van der Waals surface area contributed by atoms with Crippen LogP contribution in [0.1, 0.15) is 25.0 Å². The van der Waals surface area contributed by atoms with Crippen LogP contribution in [-0.2, 0) is 4.74 Å². The molecular formula is C12H13BrClFO2. The molecule has 0 saturated carbocycles. The molecule has 2 rings (SSSR count). The minimum Gasteiger partial charge on any atom is -0.386 e. The largest absolute Gasteiger partial charge is 0.386 e. The summed E-state index contributed by atoms with van der Waals surface area (Å²) in [6.07, 6.45) is -0.451. The number of aliphatic hydroxyl groups is 1. The van der Waals surface area contributed by atoms with E-state index in [1.54, 1.807) is 0 Å². The third-order valence-corrected chi connectivity index (χ3v) is 4.31. The van der Waals surface area contributed by atoms with Crippen molar-refractivity contribution in [2.45, 2.75) is 25.6 Å². The van der Waals surface area contributed by atoms with E-state index >= 15 is 0 Å². The Morgan fingerprint density at radius 3 is 2.88 bits per heavy atom. The summed E-state index contributed by atoms with van der Waals surface area (Å²) in [5.74, 6) is -0.261. The second kappa shape index (κ2) is 5.22. The Morgan fingerprint density at radius 1 is 1.59 bits per heavy atom. The van der Waals surface area contributed by atoms with Crippen LogP contribution in [0, 0.1) is 11.7 Å². The quantitative estimate of drug-likeness (QED) is 0.841. The van der Waals surface area contributed by atoms with Crippen molar-refractivity contribution >= 4 is 27.5 Å². The minimum absolute atomic E-state index is 0.192. The summed E-state index contributed by atoms with van der Waals surface area (Å²) in [4.78, 5) is 0. The highest BCUT2D eigenvalue weighted by Gasteiger charge is 2.33. The predicted octanol–water partition coefficient (Wildman–Crippen LogP) is 3.70. The zero-order valence-corrected chi connectivity index (χ0v) is 11.6. The van der Waals surface area contributed by atoms with Gasteiger partial charge in [-0.2, -0.15) is 0 Å². The predicted molar refractivity (Wildman–Crippen MR) is 67.6 cm³/mol. The van der Waals surface area contributed by atoms with Crippen molar-refractivity contribution in [3.05, 3.63) is 33.0 Å². The van der Waals surface area contributed by atoms with E-state index in [0.29, 0.717) is 16.1 Å². The molecule has 0 amide bonds. The average Bonchev–Trinajstić information content (AvgIpc) is 2.69. The lowest BCUT2D eigenvalue weighted by atomic mass is 9.94. The van der Waals surface area contributed by atoms with Crippen molar-refractivity contribution in [3.8, 4) is 0 Å². The van der Waals surface area contributed by atoms with Gasteiger partial charge in [-0.15, -0.1) is 0 Å². The van der Waals surface area contributed by atoms with Crippen LogP contribution in [0.15, 0.2) is 16.6 Å². The summed E-state index contributed by atoms with van der Waals surface area (Å²) in [5, 5.41) is 10.5. The number of rotatable bonds is 2. The van der Waals surface area contributed by atoms with Gasteiger partial charge in [-0.3, -0.25) is 0 Å². The number of hydrogen-bond acceptors (Lipinski definition) is 2. The van der Waals surface area contributed by atoms with Crippen LogP contribution in [-0.4, -0.2) is 17.8 Å². The maximum atomic E-state index is 13.8. The van der Waals surface area contributed by atoms with Gasteiger partial charge in [-0.1, -0.05) is 18.5 Å². The maximum absolute atomic E-state index is 13.8. The number of ether oxygens (including phenoxy) is 1. The lowest BCUT2D eigenvalue weighted by Crippen LogP contribution is -2.23. The number of aliphatic hydroxyl groups excluding tert-OH is 1. The van der Waals surface area contributed by atoms with Crippen LogP contribution < -0.4 is 0 Å². The van der Waals surface area contributed by atoms with Crippen LogP contribution >= 0.6 is 27.5 Å². The summed E-state index contributed by atoms with van der Waals surface area (Å²) < 4.78 is 19.7. The average molecular weight is 324 g/mol. The molecule has 1 aliphatic rings. The molecule has 0 aromatic heterocycles. The molecule has 3 atom stereocenters. The first-order chi connectivity index (χ1) is 8.00. The Morgan fingerprint density at radius 2 is 2.29 bits per heavy atom. The van der Waals surface area contributed by atoms with E-state index in [1.807, 2.05) is 6.92 Å². The van der Waals surface area contributed by atoms with Crippen molar-refractivity contribution in [1.82, 2.24) is 0 Å². The Hall–Kier alpha value is -0.160. The standard InChI is InChI=1S/C12H13BrClFO2/c1-6-2-3-17-12(6)11(16)7-4-9(14)8(13)5-10(7)15/h4-6,11-12,16H,2-3H2,1H3. The maximum Gasteiger partial charge on any atom is 0.130 e. The van der Waals surface area contributed by atoms with Gasteiger partial charge in [0.1, 0.15) is 11.9 Å². The van der Waals surface area contributed by atoms with Crippen molar-refractivity contribution in [3.63, 3.8) is 0 Å². The fraction of sp³-hybridized carbons (Fsp3) is 0.500. The van der Waals surface area contributed by atoms with Crippen molar-refractivity contribution in [2.75, 3.05) is 6.61 Å². The van der Waals surface area contributed by atoms with Crippen LogP contribution in [0.3, 0.4) is 0 Å². The van der Waals surface area contributed by atoms with E-state index in [9.17, 15) is 9.50 Å². The number of benzene rings is 1. The highest BCUT2D eigenvalue weighted by atomic mass is 79.9. The molecule has 94 valence electrons. The zero-order chi connectivity index (χ0) is 12.6. The Bertz CT molecular complexity index is 427. The zero-order valence-electron chi connectivity index (χ0n) is 9.29. The third kappa shape index (κ3) is 2.65. The van der Waals surface area contributed by atoms with Gasteiger partial charge in [-0.05, 0) is 40.4 Å². The molecule has 1 N–H and O–H groups in total. The van der Waals surface area contributed by atoms with Gasteiger partial charge in [0.25, 0.3) is 0 Å². The molecular weight excluding hydrogens is 310 g/mol. The summed E-state index contributed by atoms with van der Waals surface area (Å²) >= 11 is 9.05. The summed E-state index contributed by atoms with van der Waals surface area (Å²) in [5.41, 5.74) is 0.192. The number of halogens is 3. The molecule has 1 aromatic rings. The molecule has 1 fully saturated rings. The molecule has 1 heterocycles. The normalized spacial score (nSPS) is 26.2. The molecule has 0 spiro atoms. The van der Waals surface area contributed by atoms with Gasteiger partial charge in [0.15, 0.2) is 0 Å². The van der Waals surface area contributed by atoms with Gasteiger partial charge in [0.2, 0.25) is 0 Å². The van der Waals surface area contributed by atoms with Crippen molar-refractivity contribution < 1.29 is 14.2 Å². The Labute approximate surface area is 113 Å². The molecule has 17 heavy (non-hydrogen) atoms. The van der Waals surface area contributed by atoms with Gasteiger partial charge in [0, 0.05) is 16.6 Å². The van der Waals surface area contributed by atoms with E-state index in [4.69, 9.17) is 16.3 Å². The lowest BCUT2D eigenvalue weighted by Gasteiger charge is -2.22. The molecule has 1 aliphatic heterocycles. The second-order valence-corrected chi connectivity index (χ2v) is 5.60. The molecule has 5 heteroatoms. The highest BCUT2D eigenvalue weighted by molar-refractivity contribution is 9.10. The first-order valence-electron chi connectivity index (χ1n) is 5.45. The molecule has 3 unspecified atom stereocenters. The van der Waals surface area contributed by atoms with E-state index < -0.39 is 11.9 Å². The Balaban J connectivity index is 2.30. The third-order valence-electron chi connectivity index (χ3n) is 3.11. The number of hydrogen-bond donors (Lipinski definition) is 1. The van der Waals surface area contributed by atoms with Gasteiger partial charge in [0.05, 0.1) is 11.1 Å². The van der Waals surface area contributed by atoms with E-state index in [0.717, 1.165) is 6.42 Å². The van der Waals surface area contributed by atoms with Gasteiger partial charge >= 0.3 is 0 Å². The summed E-state index contributed by atoms with van der Waals surface area (Å²) in [6.45, 7) is 2.59. The molecule has 0 bridgehead atoms. The molecule has 0 radical (unpaired) electrons. The van der Waals surface area contributed by atoms with Crippen LogP contribution in [0.2, 0.25) is 5.02 Å². The SMILES string of the molecule is CC1CCOC1C(O)c1cc(Cl)c(Br)cc1F. The lowest BCUT2D eigenvalue weighted by molar-refractivity contribution is -0.0193. The smallest absolute Gasteiger partial charge is 0.130 e. The van der Waals surface area contributed by atoms with E-state index in [-0.39, 0.29) is 17.6 Å². The minimum atomic E-state index is -0.974. The van der Waals surface area contributed by atoms with Crippen LogP contribution in [0.5, 0.6) is 0 Å². The summed E-state index contributed by atoms with van der Waals surface area (Å²) in [7, 11) is 0. The topological polar surface area (TPSA) is 29.5 Å². The molecule has 1 saturated heterocycles. The highest BCUT2D eigenvalue weighted by Crippen LogP contribution is 2.35. The van der Waals surface area contributed by atoms with E-state index in [1.165, 1.54) is 12.1 Å². The molecule has 0 aliphatic carbocycles. The Kier molecular flexibility index (Phi) is 4.08. The summed E-state index contributed by atoms with van der Waals surface area (Å²) in [6, 6.07) is 2.71. The van der Waals surface area contributed by atoms with Gasteiger partial charge in [-0.25, -0.2) is 4.39 Å². The van der Waals surface area contributed by atoms with Crippen LogP contribution in [0.4, 0.5) is 4.39 Å². The fourth-order valence-corrected chi connectivity index (χ4v) is 2.55. The fourth-order valence-electron chi connectivity index (χ4n) is 2.06. The molecule has 2 nitrogen and oxygen atoms in total. The van der Waals surface area contributed by atoms with Crippen molar-refractivity contribution in [2.24, 2.45) is 5.92 Å². The van der Waals surface area contributed by atoms with Gasteiger partial charge < -0.3 is 9.84 Å². The second-order valence-electron chi connectivity index (χ2n) is 4.33.